The van der Waals surface area contributed by atoms with Crippen LogP contribution >= 0.6 is 0 Å². The SMILES string of the molecule is COc1ccc(NC(=O)C2=C(C)Nc3ncnn3C2c2ccccc2OCc2ccccc2)c(OC)c1. The first-order valence-electron chi connectivity index (χ1n) is 11.8. The second kappa shape index (κ2) is 10.4. The van der Waals surface area contributed by atoms with E-state index in [9.17, 15) is 4.79 Å². The number of rotatable bonds is 8. The monoisotopic (exact) mass is 497 g/mol. The Kier molecular flexibility index (Phi) is 6.76. The summed E-state index contributed by atoms with van der Waals surface area (Å²) in [6, 6.07) is 22.2. The normalized spacial score (nSPS) is 14.4. The van der Waals surface area contributed by atoms with Gasteiger partial charge in [0.2, 0.25) is 5.95 Å². The van der Waals surface area contributed by atoms with Gasteiger partial charge in [0.25, 0.3) is 5.91 Å². The lowest BCUT2D eigenvalue weighted by molar-refractivity contribution is -0.113. The van der Waals surface area contributed by atoms with Crippen molar-refractivity contribution < 1.29 is 19.0 Å². The number of amides is 1. The summed E-state index contributed by atoms with van der Waals surface area (Å²) in [4.78, 5) is 18.1. The highest BCUT2D eigenvalue weighted by Gasteiger charge is 2.35. The van der Waals surface area contributed by atoms with Crippen molar-refractivity contribution in [1.82, 2.24) is 14.8 Å². The second-order valence-electron chi connectivity index (χ2n) is 8.43. The van der Waals surface area contributed by atoms with Crippen molar-refractivity contribution >= 4 is 17.5 Å². The average Bonchev–Trinajstić information content (AvgIpc) is 3.40. The van der Waals surface area contributed by atoms with Gasteiger partial charge in [0, 0.05) is 17.3 Å². The van der Waals surface area contributed by atoms with Gasteiger partial charge in [-0.15, -0.1) is 0 Å². The maximum absolute atomic E-state index is 13.8. The number of allylic oxidation sites excluding steroid dienone is 1. The third-order valence-corrected chi connectivity index (χ3v) is 6.15. The Balaban J connectivity index is 1.52. The Morgan fingerprint density at radius 1 is 1.00 bits per heavy atom. The fraction of sp³-hybridized carbons (Fsp3) is 0.179. The van der Waals surface area contributed by atoms with E-state index < -0.39 is 6.04 Å². The van der Waals surface area contributed by atoms with Gasteiger partial charge in [-0.3, -0.25) is 4.79 Å². The smallest absolute Gasteiger partial charge is 0.255 e. The minimum atomic E-state index is -0.574. The maximum Gasteiger partial charge on any atom is 0.255 e. The number of anilines is 2. The summed E-state index contributed by atoms with van der Waals surface area (Å²) >= 11 is 0. The van der Waals surface area contributed by atoms with Crippen LogP contribution in [0.25, 0.3) is 0 Å². The van der Waals surface area contributed by atoms with E-state index in [-0.39, 0.29) is 5.91 Å². The van der Waals surface area contributed by atoms with Crippen LogP contribution in [0, 0.1) is 0 Å². The molecule has 1 unspecified atom stereocenters. The van der Waals surface area contributed by atoms with Gasteiger partial charge in [0.15, 0.2) is 0 Å². The number of carbonyl (C=O) groups is 1. The van der Waals surface area contributed by atoms with Crippen molar-refractivity contribution in [3.8, 4) is 17.2 Å². The van der Waals surface area contributed by atoms with Crippen LogP contribution in [0.3, 0.4) is 0 Å². The van der Waals surface area contributed by atoms with Crippen molar-refractivity contribution in [2.24, 2.45) is 0 Å². The van der Waals surface area contributed by atoms with E-state index in [2.05, 4.69) is 20.7 Å². The molecule has 0 radical (unpaired) electrons. The largest absolute Gasteiger partial charge is 0.497 e. The molecule has 1 aliphatic rings. The lowest BCUT2D eigenvalue weighted by atomic mass is 9.94. The minimum Gasteiger partial charge on any atom is -0.497 e. The molecular formula is C28H27N5O4. The number of benzene rings is 3. The molecule has 4 aromatic rings. The summed E-state index contributed by atoms with van der Waals surface area (Å²) in [7, 11) is 3.12. The van der Waals surface area contributed by atoms with Crippen LogP contribution < -0.4 is 24.8 Å². The lowest BCUT2D eigenvalue weighted by Gasteiger charge is -2.30. The van der Waals surface area contributed by atoms with Gasteiger partial charge in [-0.2, -0.15) is 10.1 Å². The number of methoxy groups -OCH3 is 2. The number of carbonyl (C=O) groups excluding carboxylic acids is 1. The molecule has 0 fully saturated rings. The van der Waals surface area contributed by atoms with Crippen LogP contribution in [-0.4, -0.2) is 34.9 Å². The Morgan fingerprint density at radius 3 is 2.57 bits per heavy atom. The molecule has 5 rings (SSSR count). The number of para-hydroxylation sites is 1. The van der Waals surface area contributed by atoms with E-state index >= 15 is 0 Å². The number of ether oxygens (including phenoxy) is 3. The predicted molar refractivity (Wildman–Crippen MR) is 140 cm³/mol. The Morgan fingerprint density at radius 2 is 1.78 bits per heavy atom. The first-order valence-corrected chi connectivity index (χ1v) is 11.8. The van der Waals surface area contributed by atoms with Gasteiger partial charge in [0.05, 0.1) is 25.5 Å². The number of hydrogen-bond acceptors (Lipinski definition) is 7. The van der Waals surface area contributed by atoms with Crippen LogP contribution in [0.5, 0.6) is 17.2 Å². The third-order valence-electron chi connectivity index (χ3n) is 6.15. The molecule has 2 heterocycles. The highest BCUT2D eigenvalue weighted by Crippen LogP contribution is 2.40. The quantitative estimate of drug-likeness (QED) is 0.361. The Hall–Kier alpha value is -4.79. The molecule has 2 N–H and O–H groups in total. The molecule has 1 aromatic heterocycles. The fourth-order valence-corrected chi connectivity index (χ4v) is 4.34. The molecule has 0 spiro atoms. The van der Waals surface area contributed by atoms with Crippen LogP contribution in [0.15, 0.2) is 90.4 Å². The summed E-state index contributed by atoms with van der Waals surface area (Å²) in [5.74, 6) is 2.00. The molecule has 0 saturated carbocycles. The van der Waals surface area contributed by atoms with Crippen LogP contribution in [0.2, 0.25) is 0 Å². The zero-order valence-corrected chi connectivity index (χ0v) is 20.8. The Labute approximate surface area is 214 Å². The molecule has 3 aromatic carbocycles. The summed E-state index contributed by atoms with van der Waals surface area (Å²) in [5, 5.41) is 10.6. The van der Waals surface area contributed by atoms with Gasteiger partial charge in [0.1, 0.15) is 36.2 Å². The third kappa shape index (κ3) is 4.84. The van der Waals surface area contributed by atoms with Crippen LogP contribution in [0.1, 0.15) is 24.1 Å². The van der Waals surface area contributed by atoms with E-state index in [4.69, 9.17) is 14.2 Å². The maximum atomic E-state index is 13.8. The lowest BCUT2D eigenvalue weighted by Crippen LogP contribution is -2.31. The van der Waals surface area contributed by atoms with E-state index in [1.54, 1.807) is 37.1 Å². The number of hydrogen-bond donors (Lipinski definition) is 2. The number of fused-ring (bicyclic) bond motifs is 1. The molecule has 1 amide bonds. The molecule has 1 aliphatic heterocycles. The number of nitrogens with zero attached hydrogens (tertiary/aromatic N) is 3. The van der Waals surface area contributed by atoms with E-state index in [1.807, 2.05) is 61.5 Å². The van der Waals surface area contributed by atoms with Gasteiger partial charge in [-0.25, -0.2) is 4.68 Å². The first-order chi connectivity index (χ1) is 18.1. The first kappa shape index (κ1) is 23.9. The van der Waals surface area contributed by atoms with Crippen molar-refractivity contribution in [1.29, 1.82) is 0 Å². The van der Waals surface area contributed by atoms with E-state index in [1.165, 1.54) is 6.33 Å². The molecular weight excluding hydrogens is 470 g/mol. The molecule has 188 valence electrons. The van der Waals surface area contributed by atoms with Gasteiger partial charge >= 0.3 is 0 Å². The van der Waals surface area contributed by atoms with E-state index in [0.717, 1.165) is 11.1 Å². The molecule has 0 bridgehead atoms. The Bertz CT molecular complexity index is 1450. The fourth-order valence-electron chi connectivity index (χ4n) is 4.34. The molecule has 0 aliphatic carbocycles. The minimum absolute atomic E-state index is 0.308. The molecule has 1 atom stereocenters. The molecule has 9 nitrogen and oxygen atoms in total. The number of nitrogens with one attached hydrogen (secondary N) is 2. The number of aromatic nitrogens is 3. The predicted octanol–water partition coefficient (Wildman–Crippen LogP) is 4.80. The van der Waals surface area contributed by atoms with Crippen molar-refractivity contribution in [2.75, 3.05) is 24.9 Å². The summed E-state index contributed by atoms with van der Waals surface area (Å²) in [6.07, 6.45) is 1.46. The highest BCUT2D eigenvalue weighted by molar-refractivity contribution is 6.06. The van der Waals surface area contributed by atoms with E-state index in [0.29, 0.717) is 46.8 Å². The second-order valence-corrected chi connectivity index (χ2v) is 8.43. The molecule has 37 heavy (non-hydrogen) atoms. The zero-order chi connectivity index (χ0) is 25.8. The molecule has 9 heteroatoms. The van der Waals surface area contributed by atoms with Crippen molar-refractivity contribution in [3.63, 3.8) is 0 Å². The average molecular weight is 498 g/mol. The summed E-state index contributed by atoms with van der Waals surface area (Å²) in [5.41, 5.74) is 3.49. The highest BCUT2D eigenvalue weighted by atomic mass is 16.5. The van der Waals surface area contributed by atoms with Crippen LogP contribution in [-0.2, 0) is 11.4 Å². The van der Waals surface area contributed by atoms with Crippen molar-refractivity contribution in [3.05, 3.63) is 102 Å². The zero-order valence-electron chi connectivity index (χ0n) is 20.8. The van der Waals surface area contributed by atoms with Gasteiger partial charge in [-0.05, 0) is 30.7 Å². The van der Waals surface area contributed by atoms with Crippen molar-refractivity contribution in [2.45, 2.75) is 19.6 Å². The summed E-state index contributed by atoms with van der Waals surface area (Å²) in [6.45, 7) is 2.24. The standard InChI is InChI=1S/C28H27N5O4/c1-18-25(27(34)32-22-14-13-20(35-2)15-24(22)36-3)26(33-28(31-18)29-17-30-33)21-11-7-8-12-23(21)37-16-19-9-5-4-6-10-19/h4-15,17,26H,16H2,1-3H3,(H,32,34)(H,29,30,31). The van der Waals surface area contributed by atoms with Crippen LogP contribution in [0.4, 0.5) is 11.6 Å². The summed E-state index contributed by atoms with van der Waals surface area (Å²) < 4.78 is 18.7. The van der Waals surface area contributed by atoms with Gasteiger partial charge in [-0.1, -0.05) is 48.5 Å². The topological polar surface area (TPSA) is 99.5 Å². The van der Waals surface area contributed by atoms with Gasteiger partial charge < -0.3 is 24.8 Å². The molecule has 0 saturated heterocycles.